The van der Waals surface area contributed by atoms with E-state index in [0.717, 1.165) is 25.9 Å². The number of rotatable bonds is 3. The molecule has 1 aromatic rings. The van der Waals surface area contributed by atoms with Gasteiger partial charge in [-0.15, -0.1) is 24.8 Å². The second kappa shape index (κ2) is 8.61. The van der Waals surface area contributed by atoms with E-state index in [1.54, 1.807) is 0 Å². The summed E-state index contributed by atoms with van der Waals surface area (Å²) < 4.78 is 26.7. The van der Waals surface area contributed by atoms with Crippen LogP contribution in [0.15, 0.2) is 18.2 Å². The van der Waals surface area contributed by atoms with Crippen LogP contribution >= 0.6 is 24.8 Å². The first-order valence-electron chi connectivity index (χ1n) is 7.94. The molecule has 0 bridgehead atoms. The fraction of sp³-hybridized carbons (Fsp3) is 0.647. The number of halogens is 4. The molecule has 2 nitrogen and oxygen atoms in total. The van der Waals surface area contributed by atoms with Gasteiger partial charge in [-0.25, -0.2) is 8.78 Å². The molecule has 23 heavy (non-hydrogen) atoms. The average molecular weight is 367 g/mol. The van der Waals surface area contributed by atoms with Gasteiger partial charge in [0.2, 0.25) is 0 Å². The normalized spacial score (nSPS) is 21.5. The lowest BCUT2D eigenvalue weighted by Crippen LogP contribution is -2.28. The summed E-state index contributed by atoms with van der Waals surface area (Å²) in [5.74, 6) is -1.93. The van der Waals surface area contributed by atoms with Crippen LogP contribution in [0, 0.1) is 6.92 Å². The lowest BCUT2D eigenvalue weighted by Gasteiger charge is -2.27. The molecule has 3 rings (SSSR count). The second-order valence-electron chi connectivity index (χ2n) is 6.54. The zero-order valence-electron chi connectivity index (χ0n) is 13.5. The third-order valence-electron chi connectivity index (χ3n) is 4.72. The Balaban J connectivity index is 0.00000132. The summed E-state index contributed by atoms with van der Waals surface area (Å²) in [4.78, 5) is 1.90. The maximum absolute atomic E-state index is 13.4. The van der Waals surface area contributed by atoms with Crippen LogP contribution in [0.3, 0.4) is 0 Å². The Hall–Kier alpha value is -0.420. The number of hydrogen-bond donors (Lipinski definition) is 1. The minimum Gasteiger partial charge on any atom is -0.317 e. The van der Waals surface area contributed by atoms with Gasteiger partial charge in [-0.3, -0.25) is 4.90 Å². The van der Waals surface area contributed by atoms with Gasteiger partial charge in [-0.1, -0.05) is 23.8 Å². The Kier molecular flexibility index (Phi) is 7.72. The molecule has 0 unspecified atom stereocenters. The third kappa shape index (κ3) is 5.28. The number of nitrogens with zero attached hydrogens (tertiary/aromatic N) is 1. The van der Waals surface area contributed by atoms with Crippen LogP contribution in [-0.4, -0.2) is 37.0 Å². The van der Waals surface area contributed by atoms with Crippen molar-refractivity contribution < 1.29 is 8.78 Å². The van der Waals surface area contributed by atoms with Gasteiger partial charge in [-0.05, 0) is 49.9 Å². The molecule has 1 aromatic carbocycles. The summed E-state index contributed by atoms with van der Waals surface area (Å²) in [5, 5.41) is 3.39. The predicted molar refractivity (Wildman–Crippen MR) is 95.4 cm³/mol. The van der Waals surface area contributed by atoms with E-state index in [2.05, 4.69) is 30.4 Å². The highest BCUT2D eigenvalue weighted by atomic mass is 35.5. The topological polar surface area (TPSA) is 15.3 Å². The number of aryl methyl sites for hydroxylation is 1. The highest BCUT2D eigenvalue weighted by Gasteiger charge is 2.38. The molecule has 0 aliphatic carbocycles. The minimum absolute atomic E-state index is 0. The Labute approximate surface area is 149 Å². The van der Waals surface area contributed by atoms with Crippen molar-refractivity contribution in [2.75, 3.05) is 26.2 Å². The van der Waals surface area contributed by atoms with Gasteiger partial charge in [-0.2, -0.15) is 0 Å². The first-order chi connectivity index (χ1) is 10.0. The minimum atomic E-state index is -2.50. The molecule has 0 saturated carbocycles. The first-order valence-corrected chi connectivity index (χ1v) is 7.94. The molecule has 2 aliphatic heterocycles. The summed E-state index contributed by atoms with van der Waals surface area (Å²) in [6, 6.07) is 6.51. The van der Waals surface area contributed by atoms with Gasteiger partial charge in [0.15, 0.2) is 0 Å². The SMILES string of the molecule is Cc1ccc(CN2CCC(F)(F)C2)c(C2CCNCC2)c1.Cl.Cl. The van der Waals surface area contributed by atoms with E-state index < -0.39 is 5.92 Å². The van der Waals surface area contributed by atoms with Crippen molar-refractivity contribution >= 4 is 24.8 Å². The molecule has 0 aromatic heterocycles. The number of piperidine rings is 1. The monoisotopic (exact) mass is 366 g/mol. The van der Waals surface area contributed by atoms with E-state index in [4.69, 9.17) is 0 Å². The quantitative estimate of drug-likeness (QED) is 0.864. The summed E-state index contributed by atoms with van der Waals surface area (Å²) in [6.45, 7) is 5.30. The van der Waals surface area contributed by atoms with Gasteiger partial charge in [0, 0.05) is 19.5 Å². The Bertz CT molecular complexity index is 505. The van der Waals surface area contributed by atoms with Crippen molar-refractivity contribution in [3.63, 3.8) is 0 Å². The van der Waals surface area contributed by atoms with Crippen LogP contribution in [0.1, 0.15) is 41.9 Å². The molecule has 132 valence electrons. The van der Waals surface area contributed by atoms with Gasteiger partial charge >= 0.3 is 0 Å². The van der Waals surface area contributed by atoms with Crippen molar-refractivity contribution in [2.24, 2.45) is 0 Å². The van der Waals surface area contributed by atoms with E-state index in [9.17, 15) is 8.78 Å². The zero-order valence-corrected chi connectivity index (χ0v) is 15.1. The van der Waals surface area contributed by atoms with Crippen molar-refractivity contribution in [1.29, 1.82) is 0 Å². The van der Waals surface area contributed by atoms with E-state index in [1.165, 1.54) is 16.7 Å². The Morgan fingerprint density at radius 1 is 1.22 bits per heavy atom. The third-order valence-corrected chi connectivity index (χ3v) is 4.72. The standard InChI is InChI=1S/C17H24F2N2.2ClH/c1-13-2-3-15(11-21-9-6-17(18,19)12-21)16(10-13)14-4-7-20-8-5-14;;/h2-3,10,14,20H,4-9,11-12H2,1H3;2*1H. The lowest BCUT2D eigenvalue weighted by molar-refractivity contribution is 0.0115. The molecule has 2 heterocycles. The fourth-order valence-electron chi connectivity index (χ4n) is 3.55. The van der Waals surface area contributed by atoms with Crippen LogP contribution in [0.25, 0.3) is 0 Å². The predicted octanol–water partition coefficient (Wildman–Crippen LogP) is 4.15. The smallest absolute Gasteiger partial charge is 0.261 e. The van der Waals surface area contributed by atoms with Crippen LogP contribution < -0.4 is 5.32 Å². The van der Waals surface area contributed by atoms with Crippen molar-refractivity contribution in [2.45, 2.75) is 44.6 Å². The molecular weight excluding hydrogens is 341 g/mol. The number of likely N-dealkylation sites (tertiary alicyclic amines) is 1. The number of hydrogen-bond acceptors (Lipinski definition) is 2. The van der Waals surface area contributed by atoms with Crippen molar-refractivity contribution in [1.82, 2.24) is 10.2 Å². The van der Waals surface area contributed by atoms with Gasteiger partial charge in [0.25, 0.3) is 5.92 Å². The van der Waals surface area contributed by atoms with Gasteiger partial charge in [0.05, 0.1) is 6.54 Å². The summed E-state index contributed by atoms with van der Waals surface area (Å²) in [5.41, 5.74) is 3.89. The molecule has 2 aliphatic rings. The maximum Gasteiger partial charge on any atom is 0.261 e. The summed E-state index contributed by atoms with van der Waals surface area (Å²) >= 11 is 0. The van der Waals surface area contributed by atoms with E-state index in [0.29, 0.717) is 19.0 Å². The van der Waals surface area contributed by atoms with Crippen LogP contribution in [0.2, 0.25) is 0 Å². The molecule has 0 amide bonds. The first kappa shape index (κ1) is 20.6. The molecular formula is C17H26Cl2F2N2. The lowest BCUT2D eigenvalue weighted by atomic mass is 9.86. The molecule has 0 atom stereocenters. The highest BCUT2D eigenvalue weighted by molar-refractivity contribution is 5.85. The molecule has 2 fully saturated rings. The molecule has 0 radical (unpaired) electrons. The largest absolute Gasteiger partial charge is 0.317 e. The summed E-state index contributed by atoms with van der Waals surface area (Å²) in [6.07, 6.45) is 2.29. The number of alkyl halides is 2. The van der Waals surface area contributed by atoms with Gasteiger partial charge < -0.3 is 5.32 Å². The molecule has 2 saturated heterocycles. The number of nitrogens with one attached hydrogen (secondary N) is 1. The van der Waals surface area contributed by atoms with Crippen molar-refractivity contribution in [3.05, 3.63) is 34.9 Å². The van der Waals surface area contributed by atoms with Crippen molar-refractivity contribution in [3.8, 4) is 0 Å². The summed E-state index contributed by atoms with van der Waals surface area (Å²) in [7, 11) is 0. The van der Waals surface area contributed by atoms with E-state index in [-0.39, 0.29) is 37.8 Å². The van der Waals surface area contributed by atoms with Crippen LogP contribution in [-0.2, 0) is 6.54 Å². The molecule has 0 spiro atoms. The van der Waals surface area contributed by atoms with E-state index >= 15 is 0 Å². The highest BCUT2D eigenvalue weighted by Crippen LogP contribution is 2.32. The Morgan fingerprint density at radius 2 is 1.91 bits per heavy atom. The van der Waals surface area contributed by atoms with E-state index in [1.807, 2.05) is 4.90 Å². The van der Waals surface area contributed by atoms with Gasteiger partial charge in [0.1, 0.15) is 0 Å². The molecule has 1 N–H and O–H groups in total. The average Bonchev–Trinajstić information content (AvgIpc) is 2.81. The number of benzene rings is 1. The molecule has 6 heteroatoms. The fourth-order valence-corrected chi connectivity index (χ4v) is 3.55. The maximum atomic E-state index is 13.4. The second-order valence-corrected chi connectivity index (χ2v) is 6.54. The van der Waals surface area contributed by atoms with Crippen LogP contribution in [0.4, 0.5) is 8.78 Å². The zero-order chi connectivity index (χ0) is 14.9. The van der Waals surface area contributed by atoms with Crippen LogP contribution in [0.5, 0.6) is 0 Å². The Morgan fingerprint density at radius 3 is 2.52 bits per heavy atom.